The van der Waals surface area contributed by atoms with Crippen molar-refractivity contribution < 1.29 is 19.0 Å². The van der Waals surface area contributed by atoms with E-state index in [2.05, 4.69) is 6.58 Å². The number of carbonyl (C=O) groups is 1. The van der Waals surface area contributed by atoms with Gasteiger partial charge < -0.3 is 19.1 Å². The Labute approximate surface area is 110 Å². The molecule has 5 heteroatoms. The largest absolute Gasteiger partial charge is 0.444 e. The maximum Gasteiger partial charge on any atom is 0.410 e. The second kappa shape index (κ2) is 8.94. The van der Waals surface area contributed by atoms with Gasteiger partial charge >= 0.3 is 6.09 Å². The highest BCUT2D eigenvalue weighted by Gasteiger charge is 2.19. The van der Waals surface area contributed by atoms with Crippen LogP contribution in [0.25, 0.3) is 0 Å². The Morgan fingerprint density at radius 3 is 2.39 bits per heavy atom. The number of carbonyl (C=O) groups excluding carboxylic acids is 1. The van der Waals surface area contributed by atoms with E-state index in [0.29, 0.717) is 33.0 Å². The van der Waals surface area contributed by atoms with Crippen LogP contribution < -0.4 is 0 Å². The second-order valence-electron chi connectivity index (χ2n) is 4.88. The molecule has 0 radical (unpaired) electrons. The van der Waals surface area contributed by atoms with Crippen LogP contribution in [0.2, 0.25) is 0 Å². The first-order valence-electron chi connectivity index (χ1n) is 6.07. The summed E-state index contributed by atoms with van der Waals surface area (Å²) in [7, 11) is 1.69. The minimum atomic E-state index is -0.468. The van der Waals surface area contributed by atoms with Crippen molar-refractivity contribution in [3.8, 4) is 0 Å². The van der Waals surface area contributed by atoms with E-state index >= 15 is 0 Å². The number of amides is 1. The summed E-state index contributed by atoms with van der Waals surface area (Å²) < 4.78 is 15.7. The molecule has 0 N–H and O–H groups in total. The summed E-state index contributed by atoms with van der Waals surface area (Å²) in [5, 5.41) is 0. The molecule has 0 saturated carbocycles. The van der Waals surface area contributed by atoms with E-state index in [1.807, 2.05) is 20.8 Å². The van der Waals surface area contributed by atoms with E-state index in [-0.39, 0.29) is 6.09 Å². The molecule has 18 heavy (non-hydrogen) atoms. The lowest BCUT2D eigenvalue weighted by Gasteiger charge is -2.24. The summed E-state index contributed by atoms with van der Waals surface area (Å²) in [6.45, 7) is 11.6. The lowest BCUT2D eigenvalue weighted by molar-refractivity contribution is 0.0178. The summed E-state index contributed by atoms with van der Waals surface area (Å²) >= 11 is 0. The third-order valence-corrected chi connectivity index (χ3v) is 1.88. The molecule has 0 aliphatic rings. The highest BCUT2D eigenvalue weighted by Crippen LogP contribution is 2.08. The van der Waals surface area contributed by atoms with Crippen LogP contribution in [-0.2, 0) is 14.2 Å². The topological polar surface area (TPSA) is 48.0 Å². The highest BCUT2D eigenvalue weighted by atomic mass is 16.6. The molecule has 0 aliphatic carbocycles. The van der Waals surface area contributed by atoms with Crippen molar-refractivity contribution in [2.75, 3.05) is 40.0 Å². The van der Waals surface area contributed by atoms with Crippen LogP contribution in [0.15, 0.2) is 12.7 Å². The molecule has 0 aromatic carbocycles. The lowest BCUT2D eigenvalue weighted by atomic mass is 10.2. The fourth-order valence-electron chi connectivity index (χ4n) is 1.02. The molecule has 0 fully saturated rings. The van der Waals surface area contributed by atoms with Gasteiger partial charge in [0, 0.05) is 13.6 Å². The predicted molar refractivity (Wildman–Crippen MR) is 70.7 cm³/mol. The fraction of sp³-hybridized carbons (Fsp3) is 0.769. The highest BCUT2D eigenvalue weighted by molar-refractivity contribution is 5.67. The molecule has 0 heterocycles. The second-order valence-corrected chi connectivity index (χ2v) is 4.88. The van der Waals surface area contributed by atoms with E-state index in [9.17, 15) is 4.79 Å². The Hall–Kier alpha value is -1.07. The van der Waals surface area contributed by atoms with Crippen LogP contribution in [0.5, 0.6) is 0 Å². The zero-order chi connectivity index (χ0) is 14.0. The molecule has 0 spiro atoms. The van der Waals surface area contributed by atoms with E-state index in [1.165, 1.54) is 4.90 Å². The van der Waals surface area contributed by atoms with E-state index in [1.54, 1.807) is 13.1 Å². The van der Waals surface area contributed by atoms with Gasteiger partial charge in [-0.1, -0.05) is 6.08 Å². The third-order valence-electron chi connectivity index (χ3n) is 1.88. The average molecular weight is 259 g/mol. The van der Waals surface area contributed by atoms with Crippen molar-refractivity contribution in [3.05, 3.63) is 12.7 Å². The van der Waals surface area contributed by atoms with Gasteiger partial charge in [0.25, 0.3) is 0 Å². The van der Waals surface area contributed by atoms with Gasteiger partial charge in [0.15, 0.2) is 0 Å². The molecule has 0 unspecified atom stereocenters. The van der Waals surface area contributed by atoms with Crippen molar-refractivity contribution in [1.82, 2.24) is 4.90 Å². The summed E-state index contributed by atoms with van der Waals surface area (Å²) in [6.07, 6.45) is 1.35. The Kier molecular flexibility index (Phi) is 8.41. The number of hydrogen-bond donors (Lipinski definition) is 0. The lowest BCUT2D eigenvalue weighted by Crippen LogP contribution is -2.36. The standard InChI is InChI=1S/C13H25NO4/c1-6-8-16-10-11-17-9-7-14(5)12(15)18-13(2,3)4/h6H,1,7-11H2,2-5H3. The third kappa shape index (κ3) is 10.1. The maximum atomic E-state index is 11.6. The SMILES string of the molecule is C=CCOCCOCCN(C)C(=O)OC(C)(C)C. The number of nitrogens with zero attached hydrogens (tertiary/aromatic N) is 1. The zero-order valence-corrected chi connectivity index (χ0v) is 11.9. The summed E-state index contributed by atoms with van der Waals surface area (Å²) in [5.74, 6) is 0. The Bertz CT molecular complexity index is 248. The van der Waals surface area contributed by atoms with E-state index < -0.39 is 5.60 Å². The minimum Gasteiger partial charge on any atom is -0.444 e. The zero-order valence-electron chi connectivity index (χ0n) is 11.9. The predicted octanol–water partition coefficient (Wildman–Crippen LogP) is 2.07. The summed E-state index contributed by atoms with van der Waals surface area (Å²) in [6, 6.07) is 0. The average Bonchev–Trinajstić information content (AvgIpc) is 2.25. The van der Waals surface area contributed by atoms with Crippen LogP contribution in [0.3, 0.4) is 0 Å². The van der Waals surface area contributed by atoms with Gasteiger partial charge in [-0.25, -0.2) is 4.79 Å². The van der Waals surface area contributed by atoms with Gasteiger partial charge in [0.1, 0.15) is 5.60 Å². The van der Waals surface area contributed by atoms with Crippen molar-refractivity contribution in [2.45, 2.75) is 26.4 Å². The first-order valence-corrected chi connectivity index (χ1v) is 6.07. The van der Waals surface area contributed by atoms with Gasteiger partial charge in [-0.15, -0.1) is 6.58 Å². The first-order chi connectivity index (χ1) is 8.37. The molecule has 0 rings (SSSR count). The van der Waals surface area contributed by atoms with Gasteiger partial charge in [0.2, 0.25) is 0 Å². The van der Waals surface area contributed by atoms with Gasteiger partial charge in [-0.3, -0.25) is 0 Å². The summed E-state index contributed by atoms with van der Waals surface area (Å²) in [4.78, 5) is 13.1. The van der Waals surface area contributed by atoms with Crippen LogP contribution in [-0.4, -0.2) is 56.6 Å². The monoisotopic (exact) mass is 259 g/mol. The minimum absolute atomic E-state index is 0.339. The van der Waals surface area contributed by atoms with Crippen LogP contribution in [0.4, 0.5) is 4.79 Å². The maximum absolute atomic E-state index is 11.6. The summed E-state index contributed by atoms with van der Waals surface area (Å²) in [5.41, 5.74) is -0.468. The van der Waals surface area contributed by atoms with Crippen molar-refractivity contribution >= 4 is 6.09 Å². The molecule has 5 nitrogen and oxygen atoms in total. The van der Waals surface area contributed by atoms with Crippen LogP contribution >= 0.6 is 0 Å². The van der Waals surface area contributed by atoms with Gasteiger partial charge in [-0.2, -0.15) is 0 Å². The normalized spacial score (nSPS) is 11.1. The van der Waals surface area contributed by atoms with Gasteiger partial charge in [-0.05, 0) is 20.8 Å². The van der Waals surface area contributed by atoms with E-state index in [4.69, 9.17) is 14.2 Å². The molecule has 0 bridgehead atoms. The Morgan fingerprint density at radius 1 is 1.22 bits per heavy atom. The molecule has 0 atom stereocenters. The van der Waals surface area contributed by atoms with Crippen LogP contribution in [0.1, 0.15) is 20.8 Å². The van der Waals surface area contributed by atoms with E-state index in [0.717, 1.165) is 0 Å². The number of likely N-dealkylation sites (N-methyl/N-ethyl adjacent to an activating group) is 1. The molecule has 1 amide bonds. The molecule has 0 aromatic heterocycles. The molecule has 0 saturated heterocycles. The quantitative estimate of drug-likeness (QED) is 0.494. The Morgan fingerprint density at radius 2 is 1.83 bits per heavy atom. The number of ether oxygens (including phenoxy) is 3. The van der Waals surface area contributed by atoms with Gasteiger partial charge in [0.05, 0.1) is 26.4 Å². The molecule has 0 aromatic rings. The molecular weight excluding hydrogens is 234 g/mol. The fourth-order valence-corrected chi connectivity index (χ4v) is 1.02. The number of hydrogen-bond acceptors (Lipinski definition) is 4. The van der Waals surface area contributed by atoms with Crippen molar-refractivity contribution in [2.24, 2.45) is 0 Å². The molecule has 0 aliphatic heterocycles. The Balaban J connectivity index is 3.55. The van der Waals surface area contributed by atoms with Crippen molar-refractivity contribution in [1.29, 1.82) is 0 Å². The molecular formula is C13H25NO4. The first kappa shape index (κ1) is 16.9. The number of rotatable bonds is 8. The molecule has 106 valence electrons. The van der Waals surface area contributed by atoms with Crippen LogP contribution in [0, 0.1) is 0 Å². The smallest absolute Gasteiger partial charge is 0.410 e. The van der Waals surface area contributed by atoms with Crippen molar-refractivity contribution in [3.63, 3.8) is 0 Å².